The van der Waals surface area contributed by atoms with E-state index < -0.39 is 0 Å². The number of aryl methyl sites for hydroxylation is 1. The van der Waals surface area contributed by atoms with Crippen molar-refractivity contribution in [1.82, 2.24) is 14.8 Å². The molecule has 3 aromatic carbocycles. The normalized spacial score (nSPS) is 13.9. The molecule has 0 saturated carbocycles. The van der Waals surface area contributed by atoms with Crippen LogP contribution in [0, 0.1) is 18.6 Å². The minimum absolute atomic E-state index is 0.264. The van der Waals surface area contributed by atoms with Gasteiger partial charge in [-0.15, -0.1) is 0 Å². The Morgan fingerprint density at radius 2 is 1.74 bits per heavy atom. The Hall–Kier alpha value is -3.77. The number of carbonyl (C=O) groups is 1. The number of aromatic nitrogens is 1. The number of hydrogen-bond donors (Lipinski definition) is 1. The molecule has 0 radical (unpaired) electrons. The van der Waals surface area contributed by atoms with Crippen molar-refractivity contribution in [3.05, 3.63) is 112 Å². The van der Waals surface area contributed by atoms with Crippen LogP contribution in [0.1, 0.15) is 27.9 Å². The van der Waals surface area contributed by atoms with Gasteiger partial charge in [0.2, 0.25) is 0 Å². The molecule has 178 valence electrons. The number of amides is 1. The first-order chi connectivity index (χ1) is 17.0. The van der Waals surface area contributed by atoms with Crippen LogP contribution in [-0.4, -0.2) is 28.6 Å². The van der Waals surface area contributed by atoms with E-state index in [1.165, 1.54) is 29.8 Å². The molecule has 1 aromatic heterocycles. The zero-order valence-electron chi connectivity index (χ0n) is 19.6. The van der Waals surface area contributed by atoms with Crippen LogP contribution in [0.15, 0.2) is 72.8 Å². The highest BCUT2D eigenvalue weighted by molar-refractivity contribution is 5.95. The smallest absolute Gasteiger partial charge is 0.326 e. The van der Waals surface area contributed by atoms with Gasteiger partial charge in [-0.1, -0.05) is 54.1 Å². The van der Waals surface area contributed by atoms with Crippen molar-refractivity contribution in [2.75, 3.05) is 13.1 Å². The molecule has 4 aromatic rings. The maximum atomic E-state index is 14.2. The van der Waals surface area contributed by atoms with Gasteiger partial charge in [0.25, 0.3) is 0 Å². The summed E-state index contributed by atoms with van der Waals surface area (Å²) in [7, 11) is 0. The van der Waals surface area contributed by atoms with E-state index >= 15 is 0 Å². The van der Waals surface area contributed by atoms with Crippen LogP contribution in [0.25, 0.3) is 17.0 Å². The van der Waals surface area contributed by atoms with E-state index in [1.54, 1.807) is 22.8 Å². The Labute approximate surface area is 203 Å². The van der Waals surface area contributed by atoms with Gasteiger partial charge in [-0.25, -0.2) is 13.6 Å². The molecule has 1 amide bonds. The maximum absolute atomic E-state index is 14.2. The van der Waals surface area contributed by atoms with Gasteiger partial charge in [-0.05, 0) is 53.9 Å². The lowest BCUT2D eigenvalue weighted by Gasteiger charge is -2.27. The van der Waals surface area contributed by atoms with E-state index in [-0.39, 0.29) is 24.2 Å². The van der Waals surface area contributed by atoms with Crippen molar-refractivity contribution in [1.29, 1.82) is 0 Å². The summed E-state index contributed by atoms with van der Waals surface area (Å²) >= 11 is 0. The predicted octanol–water partition coefficient (Wildman–Crippen LogP) is 6.06. The predicted molar refractivity (Wildman–Crippen MR) is 135 cm³/mol. The number of hydrogen-bond acceptors (Lipinski definition) is 2. The quantitative estimate of drug-likeness (QED) is 0.384. The molecule has 0 aliphatic carbocycles. The van der Waals surface area contributed by atoms with Crippen LogP contribution in [0.4, 0.5) is 13.6 Å². The number of nitrogens with one attached hydrogen (secondary N) is 1. The van der Waals surface area contributed by atoms with E-state index in [0.717, 1.165) is 40.9 Å². The Morgan fingerprint density at radius 1 is 1.00 bits per heavy atom. The monoisotopic (exact) mass is 471 g/mol. The van der Waals surface area contributed by atoms with Crippen molar-refractivity contribution in [3.8, 4) is 0 Å². The largest absolute Gasteiger partial charge is 0.333 e. The molecule has 5 rings (SSSR count). The zero-order valence-corrected chi connectivity index (χ0v) is 19.6. The van der Waals surface area contributed by atoms with Crippen LogP contribution in [0.3, 0.4) is 0 Å². The molecule has 0 saturated heterocycles. The van der Waals surface area contributed by atoms with Crippen molar-refractivity contribution in [2.24, 2.45) is 0 Å². The van der Waals surface area contributed by atoms with Gasteiger partial charge in [0.15, 0.2) is 0 Å². The topological polar surface area (TPSA) is 37.3 Å². The van der Waals surface area contributed by atoms with Crippen LogP contribution in [0.5, 0.6) is 0 Å². The highest BCUT2D eigenvalue weighted by Crippen LogP contribution is 2.31. The lowest BCUT2D eigenvalue weighted by atomic mass is 10.0. The first kappa shape index (κ1) is 23.0. The standard InChI is InChI=1S/C29H27F2N3O/c1-20-4-6-21(7-5-20)3-2-15-33-16-14-28-26(19-33)25-17-24(31)12-13-27(25)34(28)29(35)32-18-22-8-10-23(30)11-9-22/h2-13,17H,14-16,18-19H2,1H3,(H,32,35)/b3-2+. The summed E-state index contributed by atoms with van der Waals surface area (Å²) in [6.07, 6.45) is 4.94. The summed E-state index contributed by atoms with van der Waals surface area (Å²) in [6.45, 7) is 4.57. The Balaban J connectivity index is 1.36. The number of fused-ring (bicyclic) bond motifs is 3. The number of nitrogens with zero attached hydrogens (tertiary/aromatic N) is 2. The summed E-state index contributed by atoms with van der Waals surface area (Å²) in [5.74, 6) is -0.633. The number of carbonyl (C=O) groups excluding carboxylic acids is 1. The van der Waals surface area contributed by atoms with Gasteiger partial charge >= 0.3 is 6.03 Å². The lowest BCUT2D eigenvalue weighted by Crippen LogP contribution is -2.34. The van der Waals surface area contributed by atoms with Crippen molar-refractivity contribution in [2.45, 2.75) is 26.4 Å². The van der Waals surface area contributed by atoms with E-state index in [4.69, 9.17) is 0 Å². The molecule has 0 bridgehead atoms. The second kappa shape index (κ2) is 9.84. The molecule has 1 aliphatic heterocycles. The van der Waals surface area contributed by atoms with E-state index in [2.05, 4.69) is 53.6 Å². The highest BCUT2D eigenvalue weighted by Gasteiger charge is 2.26. The molecule has 0 fully saturated rings. The van der Waals surface area contributed by atoms with Gasteiger partial charge in [0.1, 0.15) is 11.6 Å². The van der Waals surface area contributed by atoms with Crippen molar-refractivity contribution >= 4 is 23.0 Å². The molecule has 35 heavy (non-hydrogen) atoms. The van der Waals surface area contributed by atoms with E-state index in [1.807, 2.05) is 0 Å². The maximum Gasteiger partial charge on any atom is 0.326 e. The number of rotatable bonds is 5. The summed E-state index contributed by atoms with van der Waals surface area (Å²) in [4.78, 5) is 15.5. The second-order valence-corrected chi connectivity index (χ2v) is 9.01. The molecule has 0 unspecified atom stereocenters. The Kier molecular flexibility index (Phi) is 6.47. The second-order valence-electron chi connectivity index (χ2n) is 9.01. The van der Waals surface area contributed by atoms with Crippen molar-refractivity contribution < 1.29 is 13.6 Å². The minimum Gasteiger partial charge on any atom is -0.333 e. The van der Waals surface area contributed by atoms with Crippen molar-refractivity contribution in [3.63, 3.8) is 0 Å². The molecule has 1 aliphatic rings. The summed E-state index contributed by atoms with van der Waals surface area (Å²) < 4.78 is 29.0. The third-order valence-corrected chi connectivity index (χ3v) is 6.50. The first-order valence-electron chi connectivity index (χ1n) is 11.8. The Bertz CT molecular complexity index is 1390. The van der Waals surface area contributed by atoms with E-state index in [0.29, 0.717) is 18.5 Å². The third-order valence-electron chi connectivity index (χ3n) is 6.50. The summed E-state index contributed by atoms with van der Waals surface area (Å²) in [5.41, 5.74) is 5.81. The molecule has 0 spiro atoms. The molecular weight excluding hydrogens is 444 g/mol. The number of halogens is 2. The molecule has 6 heteroatoms. The average Bonchev–Trinajstić information content (AvgIpc) is 3.18. The molecule has 4 nitrogen and oxygen atoms in total. The minimum atomic E-state index is -0.319. The molecular formula is C29H27F2N3O. The number of benzene rings is 3. The van der Waals surface area contributed by atoms with Crippen LogP contribution in [0.2, 0.25) is 0 Å². The van der Waals surface area contributed by atoms with Gasteiger partial charge in [0.05, 0.1) is 5.52 Å². The fourth-order valence-electron chi connectivity index (χ4n) is 4.65. The Morgan fingerprint density at radius 3 is 2.51 bits per heavy atom. The zero-order chi connectivity index (χ0) is 24.4. The van der Waals surface area contributed by atoms with Gasteiger partial charge in [-0.3, -0.25) is 9.47 Å². The first-order valence-corrected chi connectivity index (χ1v) is 11.8. The molecule has 0 atom stereocenters. The van der Waals surface area contributed by atoms with Gasteiger partial charge in [-0.2, -0.15) is 0 Å². The molecule has 1 N–H and O–H groups in total. The van der Waals surface area contributed by atoms with Crippen LogP contribution in [-0.2, 0) is 19.5 Å². The average molecular weight is 472 g/mol. The van der Waals surface area contributed by atoms with Gasteiger partial charge in [0, 0.05) is 43.7 Å². The fourth-order valence-corrected chi connectivity index (χ4v) is 4.65. The summed E-state index contributed by atoms with van der Waals surface area (Å²) in [5, 5.41) is 3.70. The van der Waals surface area contributed by atoms with Crippen LogP contribution >= 0.6 is 0 Å². The summed E-state index contributed by atoms with van der Waals surface area (Å²) in [6, 6.07) is 18.7. The third kappa shape index (κ3) is 5.03. The lowest BCUT2D eigenvalue weighted by molar-refractivity contribution is 0.240. The highest BCUT2D eigenvalue weighted by atomic mass is 19.1. The van der Waals surface area contributed by atoms with Crippen LogP contribution < -0.4 is 5.32 Å². The van der Waals surface area contributed by atoms with E-state index in [9.17, 15) is 13.6 Å². The fraction of sp³-hybridized carbons (Fsp3) is 0.207. The SMILES string of the molecule is Cc1ccc(/C=C/CN2CCc3c(c4cc(F)ccc4n3C(=O)NCc3ccc(F)cc3)C2)cc1. The van der Waals surface area contributed by atoms with Gasteiger partial charge < -0.3 is 5.32 Å². The molecule has 2 heterocycles.